The van der Waals surface area contributed by atoms with Crippen molar-refractivity contribution in [3.05, 3.63) is 72.6 Å². The zero-order valence-corrected chi connectivity index (χ0v) is 19.0. The van der Waals surface area contributed by atoms with Gasteiger partial charge >= 0.3 is 0 Å². The van der Waals surface area contributed by atoms with Gasteiger partial charge in [0, 0.05) is 35.0 Å². The highest BCUT2D eigenvalue weighted by Crippen LogP contribution is 2.33. The Morgan fingerprint density at radius 1 is 0.875 bits per heavy atom. The summed E-state index contributed by atoms with van der Waals surface area (Å²) in [5.74, 6) is 3.81. The van der Waals surface area contributed by atoms with Gasteiger partial charge in [-0.05, 0) is 61.5 Å². The lowest BCUT2D eigenvalue weighted by molar-refractivity contribution is 0.340. The maximum Gasteiger partial charge on any atom is 0.196 e. The predicted molar refractivity (Wildman–Crippen MR) is 125 cm³/mol. The molecule has 0 aliphatic rings. The molecule has 4 rings (SSSR count). The molecule has 0 saturated heterocycles. The first-order chi connectivity index (χ1) is 15.7. The largest absolute Gasteiger partial charge is 0.497 e. The molecule has 8 heteroatoms. The van der Waals surface area contributed by atoms with E-state index in [2.05, 4.69) is 15.2 Å². The SMILES string of the molecule is CCOc1ccc(-n2c(SCc3cc(OC)ccc3OC)nnc2-c2ccncc2)cc1. The number of methoxy groups -OCH3 is 2. The normalized spacial score (nSPS) is 10.7. The second kappa shape index (κ2) is 10.2. The van der Waals surface area contributed by atoms with Crippen LogP contribution >= 0.6 is 11.8 Å². The summed E-state index contributed by atoms with van der Waals surface area (Å²) in [5.41, 5.74) is 2.90. The van der Waals surface area contributed by atoms with Crippen LogP contribution in [-0.4, -0.2) is 40.6 Å². The van der Waals surface area contributed by atoms with Gasteiger partial charge in [0.15, 0.2) is 11.0 Å². The average Bonchev–Trinajstić information content (AvgIpc) is 3.27. The summed E-state index contributed by atoms with van der Waals surface area (Å²) in [6.07, 6.45) is 3.50. The molecule has 0 atom stereocenters. The van der Waals surface area contributed by atoms with Crippen LogP contribution in [0, 0.1) is 0 Å². The van der Waals surface area contributed by atoms with Crippen molar-refractivity contribution < 1.29 is 14.2 Å². The van der Waals surface area contributed by atoms with Crippen molar-refractivity contribution in [2.75, 3.05) is 20.8 Å². The zero-order valence-electron chi connectivity index (χ0n) is 18.2. The quantitative estimate of drug-likeness (QED) is 0.332. The lowest BCUT2D eigenvalue weighted by Crippen LogP contribution is -2.01. The number of thioether (sulfide) groups is 1. The average molecular weight is 449 g/mol. The standard InChI is InChI=1S/C24H24N4O3S/c1-4-31-20-7-5-19(6-8-20)28-23(17-11-13-25-14-12-17)26-27-24(28)32-16-18-15-21(29-2)9-10-22(18)30-3/h5-15H,4,16H2,1-3H3. The van der Waals surface area contributed by atoms with E-state index >= 15 is 0 Å². The molecule has 0 spiro atoms. The molecule has 32 heavy (non-hydrogen) atoms. The van der Waals surface area contributed by atoms with Gasteiger partial charge < -0.3 is 14.2 Å². The topological polar surface area (TPSA) is 71.3 Å². The van der Waals surface area contributed by atoms with E-state index in [0.717, 1.165) is 45.0 Å². The highest BCUT2D eigenvalue weighted by molar-refractivity contribution is 7.98. The Kier molecular flexibility index (Phi) is 6.91. The van der Waals surface area contributed by atoms with Crippen LogP contribution in [0.15, 0.2) is 72.1 Å². The van der Waals surface area contributed by atoms with E-state index in [0.29, 0.717) is 12.4 Å². The maximum absolute atomic E-state index is 5.60. The molecular formula is C24H24N4O3S. The predicted octanol–water partition coefficient (Wildman–Crippen LogP) is 5.04. The number of rotatable bonds is 9. The summed E-state index contributed by atoms with van der Waals surface area (Å²) >= 11 is 1.58. The van der Waals surface area contributed by atoms with Crippen molar-refractivity contribution in [1.29, 1.82) is 0 Å². The van der Waals surface area contributed by atoms with Gasteiger partial charge in [-0.1, -0.05) is 11.8 Å². The number of benzene rings is 2. The maximum atomic E-state index is 5.60. The van der Waals surface area contributed by atoms with Crippen LogP contribution in [0.2, 0.25) is 0 Å². The highest BCUT2D eigenvalue weighted by atomic mass is 32.2. The van der Waals surface area contributed by atoms with Crippen LogP contribution in [0.25, 0.3) is 17.1 Å². The van der Waals surface area contributed by atoms with Crippen LogP contribution in [0.3, 0.4) is 0 Å². The zero-order chi connectivity index (χ0) is 22.3. The minimum absolute atomic E-state index is 0.623. The smallest absolute Gasteiger partial charge is 0.196 e. The van der Waals surface area contributed by atoms with Crippen LogP contribution < -0.4 is 14.2 Å². The van der Waals surface area contributed by atoms with E-state index in [1.807, 2.05) is 66.1 Å². The Bertz CT molecular complexity index is 1160. The molecule has 2 heterocycles. The molecule has 0 unspecified atom stereocenters. The Morgan fingerprint density at radius 2 is 1.62 bits per heavy atom. The fourth-order valence-electron chi connectivity index (χ4n) is 3.28. The molecule has 0 fully saturated rings. The molecule has 0 saturated carbocycles. The van der Waals surface area contributed by atoms with E-state index in [4.69, 9.17) is 14.2 Å². The summed E-state index contributed by atoms with van der Waals surface area (Å²) < 4.78 is 18.5. The van der Waals surface area contributed by atoms with Crippen LogP contribution in [0.4, 0.5) is 0 Å². The monoisotopic (exact) mass is 448 g/mol. The number of pyridine rings is 1. The molecule has 0 bridgehead atoms. The Hall–Kier alpha value is -3.52. The number of nitrogens with zero attached hydrogens (tertiary/aromatic N) is 4. The van der Waals surface area contributed by atoms with Crippen LogP contribution in [-0.2, 0) is 5.75 Å². The van der Waals surface area contributed by atoms with E-state index in [1.54, 1.807) is 38.4 Å². The third kappa shape index (κ3) is 4.70. The Balaban J connectivity index is 1.70. The fourth-order valence-corrected chi connectivity index (χ4v) is 4.21. The van der Waals surface area contributed by atoms with Crippen molar-refractivity contribution in [2.45, 2.75) is 17.8 Å². The van der Waals surface area contributed by atoms with Crippen molar-refractivity contribution in [1.82, 2.24) is 19.7 Å². The molecule has 2 aromatic heterocycles. The van der Waals surface area contributed by atoms with Gasteiger partial charge in [-0.25, -0.2) is 0 Å². The van der Waals surface area contributed by atoms with Gasteiger partial charge in [-0.2, -0.15) is 0 Å². The summed E-state index contributed by atoms with van der Waals surface area (Å²) in [4.78, 5) is 4.12. The van der Waals surface area contributed by atoms with Crippen LogP contribution in [0.1, 0.15) is 12.5 Å². The van der Waals surface area contributed by atoms with Gasteiger partial charge in [-0.15, -0.1) is 10.2 Å². The van der Waals surface area contributed by atoms with Gasteiger partial charge in [0.2, 0.25) is 0 Å². The summed E-state index contributed by atoms with van der Waals surface area (Å²) in [5, 5.41) is 9.75. The second-order valence-electron chi connectivity index (χ2n) is 6.77. The minimum Gasteiger partial charge on any atom is -0.497 e. The molecule has 0 radical (unpaired) electrons. The molecule has 0 aliphatic heterocycles. The fraction of sp³-hybridized carbons (Fsp3) is 0.208. The summed E-state index contributed by atoms with van der Waals surface area (Å²) in [6, 6.07) is 17.6. The number of hydrogen-bond donors (Lipinski definition) is 0. The first-order valence-electron chi connectivity index (χ1n) is 10.2. The van der Waals surface area contributed by atoms with E-state index in [9.17, 15) is 0 Å². The van der Waals surface area contributed by atoms with Gasteiger partial charge in [0.25, 0.3) is 0 Å². The molecular weight excluding hydrogens is 424 g/mol. The van der Waals surface area contributed by atoms with Crippen molar-refractivity contribution in [3.8, 4) is 34.3 Å². The number of aromatic nitrogens is 4. The molecule has 0 amide bonds. The molecule has 0 aliphatic carbocycles. The summed E-state index contributed by atoms with van der Waals surface area (Å²) in [7, 11) is 3.32. The van der Waals surface area contributed by atoms with E-state index < -0.39 is 0 Å². The first kappa shape index (κ1) is 21.7. The van der Waals surface area contributed by atoms with Gasteiger partial charge in [-0.3, -0.25) is 9.55 Å². The lowest BCUT2D eigenvalue weighted by atomic mass is 10.2. The van der Waals surface area contributed by atoms with E-state index in [1.165, 1.54) is 0 Å². The van der Waals surface area contributed by atoms with E-state index in [-0.39, 0.29) is 0 Å². The Morgan fingerprint density at radius 3 is 2.31 bits per heavy atom. The number of hydrogen-bond acceptors (Lipinski definition) is 7. The Labute approximate surface area is 191 Å². The van der Waals surface area contributed by atoms with Crippen molar-refractivity contribution >= 4 is 11.8 Å². The molecule has 7 nitrogen and oxygen atoms in total. The summed E-state index contributed by atoms with van der Waals surface area (Å²) in [6.45, 7) is 2.59. The molecule has 2 aromatic carbocycles. The second-order valence-corrected chi connectivity index (χ2v) is 7.71. The minimum atomic E-state index is 0.623. The van der Waals surface area contributed by atoms with Crippen molar-refractivity contribution in [2.24, 2.45) is 0 Å². The molecule has 164 valence electrons. The number of ether oxygens (including phenoxy) is 3. The third-order valence-corrected chi connectivity index (χ3v) is 5.80. The highest BCUT2D eigenvalue weighted by Gasteiger charge is 2.17. The molecule has 0 N–H and O–H groups in total. The lowest BCUT2D eigenvalue weighted by Gasteiger charge is -2.13. The van der Waals surface area contributed by atoms with Gasteiger partial charge in [0.05, 0.1) is 20.8 Å². The van der Waals surface area contributed by atoms with Gasteiger partial charge in [0.1, 0.15) is 17.2 Å². The van der Waals surface area contributed by atoms with Crippen LogP contribution in [0.5, 0.6) is 17.2 Å². The first-order valence-corrected chi connectivity index (χ1v) is 11.1. The van der Waals surface area contributed by atoms with Crippen molar-refractivity contribution in [3.63, 3.8) is 0 Å². The molecule has 4 aromatic rings. The third-order valence-electron chi connectivity index (χ3n) is 4.82.